The number of rotatable bonds is 10. The largest absolute Gasteiger partial charge is 0.464 e. The van der Waals surface area contributed by atoms with Crippen LogP contribution in [0.3, 0.4) is 0 Å². The van der Waals surface area contributed by atoms with Crippen molar-refractivity contribution in [3.8, 4) is 5.75 Å². The van der Waals surface area contributed by atoms with Crippen LogP contribution in [-0.2, 0) is 10.2 Å². The van der Waals surface area contributed by atoms with Crippen LogP contribution in [0, 0.1) is 3.57 Å². The van der Waals surface area contributed by atoms with Gasteiger partial charge in [-0.3, -0.25) is 0 Å². The van der Waals surface area contributed by atoms with Gasteiger partial charge in [0.1, 0.15) is 5.75 Å². The van der Waals surface area contributed by atoms with Crippen molar-refractivity contribution in [3.63, 3.8) is 0 Å². The molecule has 1 atom stereocenters. The minimum Gasteiger partial charge on any atom is -0.464 e. The van der Waals surface area contributed by atoms with Crippen LogP contribution in [0.5, 0.6) is 5.75 Å². The van der Waals surface area contributed by atoms with Gasteiger partial charge in [-0.25, -0.2) is 0 Å². The highest BCUT2D eigenvalue weighted by Crippen LogP contribution is 2.34. The Balaban J connectivity index is 1.86. The van der Waals surface area contributed by atoms with Crippen molar-refractivity contribution in [2.45, 2.75) is 96.7 Å². The van der Waals surface area contributed by atoms with Crippen molar-refractivity contribution in [3.05, 3.63) is 27.3 Å². The van der Waals surface area contributed by atoms with Gasteiger partial charge in [0.15, 0.2) is 6.29 Å². The maximum absolute atomic E-state index is 6.06. The smallest absolute Gasteiger partial charge is 0.199 e. The predicted octanol–water partition coefficient (Wildman–Crippen LogP) is 7.22. The Labute approximate surface area is 168 Å². The second-order valence-corrected chi connectivity index (χ2v) is 9.12. The van der Waals surface area contributed by atoms with Crippen molar-refractivity contribution in [1.29, 1.82) is 0 Å². The molecule has 1 aromatic rings. The summed E-state index contributed by atoms with van der Waals surface area (Å²) in [5.41, 5.74) is 1.65. The second-order valence-electron chi connectivity index (χ2n) is 7.96. The van der Waals surface area contributed by atoms with Gasteiger partial charge in [0.2, 0.25) is 0 Å². The molecule has 2 nitrogen and oxygen atoms in total. The Morgan fingerprint density at radius 3 is 2.56 bits per heavy atom. The van der Waals surface area contributed by atoms with Crippen molar-refractivity contribution in [2.75, 3.05) is 6.61 Å². The Kier molecular flexibility index (Phi) is 9.05. The highest BCUT2D eigenvalue weighted by Gasteiger charge is 2.22. The molecule has 1 heterocycles. The molecule has 1 aliphatic rings. The molecule has 1 aliphatic heterocycles. The lowest BCUT2D eigenvalue weighted by Crippen LogP contribution is -2.25. The Hall–Kier alpha value is -0.290. The van der Waals surface area contributed by atoms with E-state index in [2.05, 4.69) is 61.6 Å². The van der Waals surface area contributed by atoms with Gasteiger partial charge >= 0.3 is 0 Å². The zero-order valence-electron chi connectivity index (χ0n) is 16.3. The van der Waals surface area contributed by atoms with Crippen LogP contribution < -0.4 is 4.74 Å². The third-order valence-electron chi connectivity index (χ3n) is 5.27. The van der Waals surface area contributed by atoms with E-state index in [-0.39, 0.29) is 11.7 Å². The number of unbranched alkanes of at least 4 members (excludes halogenated alkanes) is 5. The number of hydrogen-bond acceptors (Lipinski definition) is 2. The lowest BCUT2D eigenvalue weighted by Gasteiger charge is -2.27. The lowest BCUT2D eigenvalue weighted by molar-refractivity contribution is -0.106. The van der Waals surface area contributed by atoms with Crippen LogP contribution >= 0.6 is 22.6 Å². The van der Waals surface area contributed by atoms with E-state index < -0.39 is 0 Å². The molecule has 1 fully saturated rings. The zero-order chi connectivity index (χ0) is 18.1. The molecule has 0 bridgehead atoms. The minimum absolute atomic E-state index is 0.0655. The Morgan fingerprint density at radius 1 is 1.12 bits per heavy atom. The first kappa shape index (κ1) is 21.0. The summed E-state index contributed by atoms with van der Waals surface area (Å²) >= 11 is 2.40. The molecule has 3 heteroatoms. The van der Waals surface area contributed by atoms with Crippen molar-refractivity contribution >= 4 is 22.6 Å². The van der Waals surface area contributed by atoms with Crippen LogP contribution in [0.4, 0.5) is 0 Å². The molecule has 25 heavy (non-hydrogen) atoms. The monoisotopic (exact) mass is 458 g/mol. The number of benzene rings is 1. The van der Waals surface area contributed by atoms with Crippen LogP contribution in [0.1, 0.15) is 90.5 Å². The molecule has 0 N–H and O–H groups in total. The number of ether oxygens (including phenoxy) is 2. The van der Waals surface area contributed by atoms with Gasteiger partial charge < -0.3 is 9.47 Å². The standard InChI is InChI=1S/C22H35IO2/c1-4-5-6-7-8-10-15-22(2,3)18-13-14-20(19(23)17-18)25-21-12-9-11-16-24-21/h13-14,17,21H,4-12,15-16H2,1-3H3. The van der Waals surface area contributed by atoms with Gasteiger partial charge in [0.25, 0.3) is 0 Å². The average Bonchev–Trinajstić information content (AvgIpc) is 2.60. The summed E-state index contributed by atoms with van der Waals surface area (Å²) in [4.78, 5) is 0. The summed E-state index contributed by atoms with van der Waals surface area (Å²) in [6, 6.07) is 6.69. The van der Waals surface area contributed by atoms with E-state index in [1.54, 1.807) is 0 Å². The molecule has 0 aliphatic carbocycles. The first-order chi connectivity index (χ1) is 12.0. The van der Waals surface area contributed by atoms with E-state index in [4.69, 9.17) is 9.47 Å². The Bertz CT molecular complexity index is 507. The van der Waals surface area contributed by atoms with E-state index in [1.165, 1.54) is 60.5 Å². The molecular formula is C22H35IO2. The van der Waals surface area contributed by atoms with Gasteiger partial charge in [-0.1, -0.05) is 65.4 Å². The zero-order valence-corrected chi connectivity index (χ0v) is 18.4. The van der Waals surface area contributed by atoms with Crippen LogP contribution in [0.2, 0.25) is 0 Å². The third kappa shape index (κ3) is 7.09. The fraction of sp³-hybridized carbons (Fsp3) is 0.727. The summed E-state index contributed by atoms with van der Waals surface area (Å²) in [6.45, 7) is 7.84. The lowest BCUT2D eigenvalue weighted by atomic mass is 9.80. The normalized spacial score (nSPS) is 18.3. The molecular weight excluding hydrogens is 423 g/mol. The molecule has 2 rings (SSSR count). The van der Waals surface area contributed by atoms with Gasteiger partial charge in [-0.15, -0.1) is 0 Å². The van der Waals surface area contributed by atoms with E-state index in [0.29, 0.717) is 0 Å². The molecule has 0 amide bonds. The van der Waals surface area contributed by atoms with Crippen LogP contribution in [0.25, 0.3) is 0 Å². The quantitative estimate of drug-likeness (QED) is 0.272. The van der Waals surface area contributed by atoms with E-state index in [1.807, 2.05) is 0 Å². The molecule has 0 saturated carbocycles. The Morgan fingerprint density at radius 2 is 1.88 bits per heavy atom. The number of halogens is 1. The molecule has 0 radical (unpaired) electrons. The molecule has 0 aromatic heterocycles. The maximum Gasteiger partial charge on any atom is 0.199 e. The van der Waals surface area contributed by atoms with Crippen molar-refractivity contribution in [2.24, 2.45) is 0 Å². The van der Waals surface area contributed by atoms with Gasteiger partial charge in [0, 0.05) is 6.42 Å². The van der Waals surface area contributed by atoms with Gasteiger partial charge in [-0.2, -0.15) is 0 Å². The summed E-state index contributed by atoms with van der Waals surface area (Å²) in [7, 11) is 0. The minimum atomic E-state index is -0.0655. The van der Waals surface area contributed by atoms with Crippen LogP contribution in [-0.4, -0.2) is 12.9 Å². The summed E-state index contributed by atoms with van der Waals surface area (Å²) in [6.07, 6.45) is 12.7. The summed E-state index contributed by atoms with van der Waals surface area (Å²) in [5, 5.41) is 0. The van der Waals surface area contributed by atoms with Gasteiger partial charge in [0.05, 0.1) is 10.2 Å². The van der Waals surface area contributed by atoms with Gasteiger partial charge in [-0.05, 0) is 65.0 Å². The topological polar surface area (TPSA) is 18.5 Å². The van der Waals surface area contributed by atoms with E-state index in [0.717, 1.165) is 25.2 Å². The summed E-state index contributed by atoms with van der Waals surface area (Å²) < 4.78 is 13.0. The van der Waals surface area contributed by atoms with E-state index in [9.17, 15) is 0 Å². The highest BCUT2D eigenvalue weighted by atomic mass is 127. The average molecular weight is 458 g/mol. The highest BCUT2D eigenvalue weighted by molar-refractivity contribution is 14.1. The fourth-order valence-electron chi connectivity index (χ4n) is 3.45. The second kappa shape index (κ2) is 10.8. The predicted molar refractivity (Wildman–Crippen MR) is 114 cm³/mol. The molecule has 0 spiro atoms. The molecule has 142 valence electrons. The molecule has 1 saturated heterocycles. The first-order valence-corrected chi connectivity index (χ1v) is 11.2. The fourth-order valence-corrected chi connectivity index (χ4v) is 4.10. The SMILES string of the molecule is CCCCCCCCC(C)(C)c1ccc(OC2CCCCO2)c(I)c1. The maximum atomic E-state index is 6.06. The number of hydrogen-bond donors (Lipinski definition) is 0. The molecule has 1 unspecified atom stereocenters. The first-order valence-electron chi connectivity index (χ1n) is 10.1. The summed E-state index contributed by atoms with van der Waals surface area (Å²) in [5.74, 6) is 0.964. The molecule has 1 aromatic carbocycles. The van der Waals surface area contributed by atoms with Crippen LogP contribution in [0.15, 0.2) is 18.2 Å². The van der Waals surface area contributed by atoms with Crippen molar-refractivity contribution < 1.29 is 9.47 Å². The third-order valence-corrected chi connectivity index (χ3v) is 6.11. The van der Waals surface area contributed by atoms with E-state index >= 15 is 0 Å². The van der Waals surface area contributed by atoms with Crippen molar-refractivity contribution in [1.82, 2.24) is 0 Å².